The van der Waals surface area contributed by atoms with E-state index < -0.39 is 0 Å². The number of hydrogen-bond donors (Lipinski definition) is 1. The van der Waals surface area contributed by atoms with Gasteiger partial charge in [-0.2, -0.15) is 0 Å². The molecule has 0 aliphatic carbocycles. The van der Waals surface area contributed by atoms with Gasteiger partial charge in [-0.15, -0.1) is 0 Å². The maximum atomic E-state index is 9.27. The van der Waals surface area contributed by atoms with Crippen LogP contribution in [-0.4, -0.2) is 29.6 Å². The molecule has 1 heterocycles. The van der Waals surface area contributed by atoms with Gasteiger partial charge in [-0.3, -0.25) is 4.90 Å². The molecule has 1 saturated heterocycles. The minimum atomic E-state index is 0.310. The Hall–Kier alpha value is -2.24. The fourth-order valence-electron chi connectivity index (χ4n) is 3.24. The maximum absolute atomic E-state index is 9.27. The van der Waals surface area contributed by atoms with Crippen LogP contribution in [0, 0.1) is 17.8 Å². The predicted molar refractivity (Wildman–Crippen MR) is 98.9 cm³/mol. The van der Waals surface area contributed by atoms with Gasteiger partial charge >= 0.3 is 0 Å². The van der Waals surface area contributed by atoms with E-state index in [1.54, 1.807) is 12.1 Å². The average Bonchev–Trinajstić information content (AvgIpc) is 2.62. The lowest BCUT2D eigenvalue weighted by atomic mass is 9.90. The van der Waals surface area contributed by atoms with Gasteiger partial charge in [0, 0.05) is 6.42 Å². The summed E-state index contributed by atoms with van der Waals surface area (Å²) in [5.74, 6) is 7.67. The highest BCUT2D eigenvalue weighted by molar-refractivity contribution is 5.28. The van der Waals surface area contributed by atoms with Gasteiger partial charge in [-0.05, 0) is 61.5 Å². The molecule has 3 rings (SSSR count). The number of likely N-dealkylation sites (tertiary alicyclic amines) is 1. The van der Waals surface area contributed by atoms with Crippen LogP contribution in [0.2, 0.25) is 0 Å². The third-order valence-corrected chi connectivity index (χ3v) is 4.73. The zero-order valence-corrected chi connectivity index (χ0v) is 14.1. The summed E-state index contributed by atoms with van der Waals surface area (Å²) < 4.78 is 0. The first-order chi connectivity index (χ1) is 11.8. The number of phenolic OH excluding ortho intramolecular Hbond substituents is 1. The lowest BCUT2D eigenvalue weighted by molar-refractivity contribution is 0.203. The lowest BCUT2D eigenvalue weighted by Crippen LogP contribution is -2.34. The topological polar surface area (TPSA) is 23.5 Å². The molecule has 0 bridgehead atoms. The lowest BCUT2D eigenvalue weighted by Gasteiger charge is -2.30. The first kappa shape index (κ1) is 16.6. The van der Waals surface area contributed by atoms with Crippen LogP contribution in [0.25, 0.3) is 0 Å². The van der Waals surface area contributed by atoms with Crippen molar-refractivity contribution in [3.63, 3.8) is 0 Å². The fourth-order valence-corrected chi connectivity index (χ4v) is 3.24. The summed E-state index contributed by atoms with van der Waals surface area (Å²) in [4.78, 5) is 2.46. The minimum Gasteiger partial charge on any atom is -0.508 e. The highest BCUT2D eigenvalue weighted by Crippen LogP contribution is 2.21. The van der Waals surface area contributed by atoms with Gasteiger partial charge in [0.05, 0.1) is 6.54 Å². The van der Waals surface area contributed by atoms with Crippen LogP contribution >= 0.6 is 0 Å². The largest absolute Gasteiger partial charge is 0.508 e. The molecule has 1 N–H and O–H groups in total. The summed E-state index contributed by atoms with van der Waals surface area (Å²) >= 11 is 0. The molecule has 0 radical (unpaired) electrons. The van der Waals surface area contributed by atoms with Crippen LogP contribution in [0.1, 0.15) is 24.0 Å². The molecule has 2 nitrogen and oxygen atoms in total. The Balaban J connectivity index is 1.38. The summed E-state index contributed by atoms with van der Waals surface area (Å²) in [7, 11) is 0. The number of rotatable bonds is 4. The Morgan fingerprint density at radius 3 is 2.29 bits per heavy atom. The molecule has 1 aliphatic heterocycles. The van der Waals surface area contributed by atoms with Gasteiger partial charge < -0.3 is 5.11 Å². The molecule has 0 unspecified atom stereocenters. The number of aromatic hydroxyl groups is 1. The van der Waals surface area contributed by atoms with E-state index in [1.807, 2.05) is 12.1 Å². The third-order valence-electron chi connectivity index (χ3n) is 4.73. The molecule has 24 heavy (non-hydrogen) atoms. The van der Waals surface area contributed by atoms with Gasteiger partial charge in [-0.1, -0.05) is 54.3 Å². The molecule has 0 aromatic heterocycles. The average molecular weight is 319 g/mol. The van der Waals surface area contributed by atoms with Crippen LogP contribution in [0.4, 0.5) is 0 Å². The normalized spacial score (nSPS) is 15.7. The molecule has 0 atom stereocenters. The van der Waals surface area contributed by atoms with E-state index in [0.29, 0.717) is 5.75 Å². The number of phenols is 1. The minimum absolute atomic E-state index is 0.310. The van der Waals surface area contributed by atoms with Crippen molar-refractivity contribution in [3.05, 3.63) is 65.7 Å². The van der Waals surface area contributed by atoms with E-state index in [0.717, 1.165) is 37.5 Å². The second kappa shape index (κ2) is 8.57. The fraction of sp³-hybridized carbons (Fsp3) is 0.364. The van der Waals surface area contributed by atoms with E-state index in [4.69, 9.17) is 0 Å². The molecule has 1 fully saturated rings. The second-order valence-electron chi connectivity index (χ2n) is 6.61. The predicted octanol–water partition coefficient (Wildman–Crippen LogP) is 3.89. The zero-order valence-electron chi connectivity index (χ0n) is 14.1. The van der Waals surface area contributed by atoms with Crippen LogP contribution in [0.15, 0.2) is 54.6 Å². The summed E-state index contributed by atoms with van der Waals surface area (Å²) in [6.45, 7) is 3.19. The molecular formula is C22H25NO. The van der Waals surface area contributed by atoms with Gasteiger partial charge in [0.15, 0.2) is 0 Å². The van der Waals surface area contributed by atoms with E-state index in [1.165, 1.54) is 24.8 Å². The summed E-state index contributed by atoms with van der Waals surface area (Å²) in [5, 5.41) is 9.27. The molecule has 2 heteroatoms. The van der Waals surface area contributed by atoms with Crippen molar-refractivity contribution in [2.45, 2.75) is 25.7 Å². The summed E-state index contributed by atoms with van der Waals surface area (Å²) in [6.07, 6.45) is 4.51. The zero-order chi connectivity index (χ0) is 16.6. The molecule has 0 saturated carbocycles. The smallest absolute Gasteiger partial charge is 0.115 e. The molecule has 2 aromatic rings. The van der Waals surface area contributed by atoms with Crippen LogP contribution < -0.4 is 0 Å². The first-order valence-corrected chi connectivity index (χ1v) is 8.79. The Morgan fingerprint density at radius 2 is 1.58 bits per heavy atom. The van der Waals surface area contributed by atoms with Gasteiger partial charge in [0.25, 0.3) is 0 Å². The van der Waals surface area contributed by atoms with Gasteiger partial charge in [0.2, 0.25) is 0 Å². The number of nitrogens with zero attached hydrogens (tertiary/aromatic N) is 1. The van der Waals surface area contributed by atoms with Crippen molar-refractivity contribution in [2.24, 2.45) is 5.92 Å². The molecule has 0 spiro atoms. The SMILES string of the molecule is Oc1ccc(CC#CCN2CCC(Cc3ccccc3)CC2)cc1. The summed E-state index contributed by atoms with van der Waals surface area (Å²) in [5.41, 5.74) is 2.62. The quantitative estimate of drug-likeness (QED) is 0.864. The van der Waals surface area contributed by atoms with Gasteiger partial charge in [-0.25, -0.2) is 0 Å². The summed E-state index contributed by atoms with van der Waals surface area (Å²) in [6, 6.07) is 18.1. The van der Waals surface area contributed by atoms with Crippen molar-refractivity contribution < 1.29 is 5.11 Å². The van der Waals surface area contributed by atoms with Crippen molar-refractivity contribution >= 4 is 0 Å². The maximum Gasteiger partial charge on any atom is 0.115 e. The number of hydrogen-bond acceptors (Lipinski definition) is 2. The Bertz CT molecular complexity index is 673. The Kier molecular flexibility index (Phi) is 5.93. The second-order valence-corrected chi connectivity index (χ2v) is 6.61. The Labute approximate surface area is 145 Å². The highest BCUT2D eigenvalue weighted by atomic mass is 16.3. The van der Waals surface area contributed by atoms with Crippen molar-refractivity contribution in [1.29, 1.82) is 0 Å². The number of benzene rings is 2. The molecule has 124 valence electrons. The van der Waals surface area contributed by atoms with Gasteiger partial charge in [0.1, 0.15) is 5.75 Å². The monoisotopic (exact) mass is 319 g/mol. The standard InChI is InChI=1S/C22H25NO/c24-22-11-9-19(10-12-22)6-4-5-15-23-16-13-21(14-17-23)18-20-7-2-1-3-8-20/h1-3,7-12,21,24H,6,13-18H2. The highest BCUT2D eigenvalue weighted by Gasteiger charge is 2.18. The molecular weight excluding hydrogens is 294 g/mol. The molecule has 1 aliphatic rings. The van der Waals surface area contributed by atoms with E-state index >= 15 is 0 Å². The Morgan fingerprint density at radius 1 is 0.875 bits per heavy atom. The van der Waals surface area contributed by atoms with Crippen LogP contribution in [0.3, 0.4) is 0 Å². The van der Waals surface area contributed by atoms with Crippen molar-refractivity contribution in [3.8, 4) is 17.6 Å². The van der Waals surface area contributed by atoms with Crippen LogP contribution in [-0.2, 0) is 12.8 Å². The van der Waals surface area contributed by atoms with E-state index in [9.17, 15) is 5.11 Å². The van der Waals surface area contributed by atoms with E-state index in [-0.39, 0.29) is 0 Å². The first-order valence-electron chi connectivity index (χ1n) is 8.79. The number of piperidine rings is 1. The molecule has 2 aromatic carbocycles. The third kappa shape index (κ3) is 5.15. The van der Waals surface area contributed by atoms with Crippen molar-refractivity contribution in [1.82, 2.24) is 4.90 Å². The molecule has 0 amide bonds. The van der Waals surface area contributed by atoms with Crippen molar-refractivity contribution in [2.75, 3.05) is 19.6 Å². The van der Waals surface area contributed by atoms with Crippen LogP contribution in [0.5, 0.6) is 5.75 Å². The van der Waals surface area contributed by atoms with E-state index in [2.05, 4.69) is 47.1 Å².